The van der Waals surface area contributed by atoms with Crippen LogP contribution in [-0.2, 0) is 7.05 Å². The molecule has 0 aliphatic carbocycles. The Balaban J connectivity index is 0.00000225. The second kappa shape index (κ2) is 5.81. The zero-order chi connectivity index (χ0) is 11.5. The molecule has 1 aromatic rings. The number of halogens is 3. The molecule has 0 fully saturated rings. The van der Waals surface area contributed by atoms with Crippen molar-refractivity contribution in [3.63, 3.8) is 0 Å². The van der Waals surface area contributed by atoms with Gasteiger partial charge in [-0.05, 0) is 12.1 Å². The first-order valence-corrected chi connectivity index (χ1v) is 4.44. The molecule has 1 amide bonds. The average Bonchev–Trinajstić information content (AvgIpc) is 2.61. The first kappa shape index (κ1) is 14.9. The minimum absolute atomic E-state index is 0. The van der Waals surface area contributed by atoms with Crippen LogP contribution in [0.1, 0.15) is 10.5 Å². The van der Waals surface area contributed by atoms with E-state index < -0.39 is 24.9 Å². The van der Waals surface area contributed by atoms with Crippen LogP contribution in [-0.4, -0.2) is 29.5 Å². The summed E-state index contributed by atoms with van der Waals surface area (Å²) in [6.07, 6.45) is 1.66. The molecule has 92 valence electrons. The van der Waals surface area contributed by atoms with Gasteiger partial charge < -0.3 is 15.6 Å². The average molecular weight is 254 g/mol. The zero-order valence-corrected chi connectivity index (χ0v) is 9.56. The summed E-state index contributed by atoms with van der Waals surface area (Å²) >= 11 is 0. The molecule has 7 heteroatoms. The van der Waals surface area contributed by atoms with E-state index in [0.29, 0.717) is 5.69 Å². The van der Waals surface area contributed by atoms with Crippen molar-refractivity contribution in [2.24, 2.45) is 12.8 Å². The molecule has 1 rings (SSSR count). The van der Waals surface area contributed by atoms with Gasteiger partial charge in [0.25, 0.3) is 11.8 Å². The van der Waals surface area contributed by atoms with Crippen LogP contribution < -0.4 is 11.1 Å². The van der Waals surface area contributed by atoms with Crippen LogP contribution in [0.15, 0.2) is 18.3 Å². The van der Waals surface area contributed by atoms with Crippen molar-refractivity contribution in [3.8, 4) is 0 Å². The first-order chi connectivity index (χ1) is 6.96. The fraction of sp³-hybridized carbons (Fsp3) is 0.444. The number of hydrogen-bond donors (Lipinski definition) is 2. The van der Waals surface area contributed by atoms with Gasteiger partial charge in [0, 0.05) is 13.2 Å². The van der Waals surface area contributed by atoms with Gasteiger partial charge in [-0.3, -0.25) is 4.79 Å². The van der Waals surface area contributed by atoms with Crippen LogP contribution in [0.2, 0.25) is 0 Å². The van der Waals surface area contributed by atoms with Crippen molar-refractivity contribution < 1.29 is 13.6 Å². The highest BCUT2D eigenvalue weighted by atomic mass is 35.5. The third-order valence-corrected chi connectivity index (χ3v) is 1.98. The van der Waals surface area contributed by atoms with E-state index in [4.69, 9.17) is 5.73 Å². The van der Waals surface area contributed by atoms with Gasteiger partial charge in [-0.25, -0.2) is 8.78 Å². The lowest BCUT2D eigenvalue weighted by molar-refractivity contribution is 0.0118. The maximum absolute atomic E-state index is 12.7. The van der Waals surface area contributed by atoms with Gasteiger partial charge in [0.15, 0.2) is 0 Å². The monoisotopic (exact) mass is 253 g/mol. The Morgan fingerprint density at radius 3 is 2.69 bits per heavy atom. The topological polar surface area (TPSA) is 60.0 Å². The second-order valence-corrected chi connectivity index (χ2v) is 3.25. The third kappa shape index (κ3) is 3.79. The minimum atomic E-state index is -3.05. The van der Waals surface area contributed by atoms with Crippen molar-refractivity contribution in [1.82, 2.24) is 9.88 Å². The van der Waals surface area contributed by atoms with E-state index in [2.05, 4.69) is 5.32 Å². The van der Waals surface area contributed by atoms with Crippen LogP contribution in [0, 0.1) is 0 Å². The number of nitrogens with one attached hydrogen (secondary N) is 1. The Bertz CT molecular complexity index is 354. The highest BCUT2D eigenvalue weighted by Gasteiger charge is 2.27. The predicted octanol–water partition coefficient (Wildman–Crippen LogP) is 0.771. The van der Waals surface area contributed by atoms with Crippen LogP contribution in [0.25, 0.3) is 0 Å². The zero-order valence-electron chi connectivity index (χ0n) is 8.74. The Morgan fingerprint density at radius 1 is 1.62 bits per heavy atom. The standard InChI is InChI=1S/C9H13F2N3O.ClH/c1-14-4-2-3-7(14)8(15)13-6-9(10,11)5-12;/h2-4H,5-6,12H2,1H3,(H,13,15);1H. The first-order valence-electron chi connectivity index (χ1n) is 4.44. The molecule has 0 radical (unpaired) electrons. The number of carbonyl (C=O) groups excluding carboxylic acids is 1. The Labute approximate surface area is 98.2 Å². The van der Waals surface area contributed by atoms with E-state index in [1.165, 1.54) is 0 Å². The molecular formula is C9H14ClF2N3O. The molecule has 1 aromatic heterocycles. The van der Waals surface area contributed by atoms with E-state index in [1.54, 1.807) is 29.9 Å². The minimum Gasteiger partial charge on any atom is -0.347 e. The molecule has 0 aromatic carbocycles. The molecular weight excluding hydrogens is 240 g/mol. The van der Waals surface area contributed by atoms with E-state index >= 15 is 0 Å². The Kier molecular flexibility index (Phi) is 5.40. The molecule has 0 saturated heterocycles. The van der Waals surface area contributed by atoms with Crippen molar-refractivity contribution >= 4 is 18.3 Å². The molecule has 4 nitrogen and oxygen atoms in total. The number of aromatic nitrogens is 1. The van der Waals surface area contributed by atoms with E-state index in [-0.39, 0.29) is 12.4 Å². The second-order valence-electron chi connectivity index (χ2n) is 3.25. The summed E-state index contributed by atoms with van der Waals surface area (Å²) in [6.45, 7) is -1.52. The van der Waals surface area contributed by atoms with Crippen molar-refractivity contribution in [2.75, 3.05) is 13.1 Å². The van der Waals surface area contributed by atoms with E-state index in [9.17, 15) is 13.6 Å². The highest BCUT2D eigenvalue weighted by molar-refractivity contribution is 5.92. The lowest BCUT2D eigenvalue weighted by Crippen LogP contribution is -2.41. The van der Waals surface area contributed by atoms with Gasteiger partial charge in [-0.2, -0.15) is 0 Å². The highest BCUT2D eigenvalue weighted by Crippen LogP contribution is 2.09. The molecule has 0 aliphatic heterocycles. The quantitative estimate of drug-likeness (QED) is 0.833. The molecule has 16 heavy (non-hydrogen) atoms. The lowest BCUT2D eigenvalue weighted by Gasteiger charge is -2.14. The number of alkyl halides is 2. The van der Waals surface area contributed by atoms with Crippen LogP contribution in [0.3, 0.4) is 0 Å². The summed E-state index contributed by atoms with van der Waals surface area (Å²) in [4.78, 5) is 11.4. The lowest BCUT2D eigenvalue weighted by atomic mass is 10.3. The largest absolute Gasteiger partial charge is 0.347 e. The Morgan fingerprint density at radius 2 is 2.25 bits per heavy atom. The number of hydrogen-bond acceptors (Lipinski definition) is 2. The fourth-order valence-electron chi connectivity index (χ4n) is 1.07. The molecule has 0 aliphatic rings. The summed E-state index contributed by atoms with van der Waals surface area (Å²) in [5.41, 5.74) is 5.17. The van der Waals surface area contributed by atoms with Crippen LogP contribution >= 0.6 is 12.4 Å². The number of nitrogens with two attached hydrogens (primary N) is 1. The van der Waals surface area contributed by atoms with E-state index in [0.717, 1.165) is 0 Å². The molecule has 0 unspecified atom stereocenters. The summed E-state index contributed by atoms with van der Waals surface area (Å²) in [5.74, 6) is -3.59. The molecule has 0 saturated carbocycles. The molecule has 0 atom stereocenters. The summed E-state index contributed by atoms with van der Waals surface area (Å²) in [7, 11) is 1.66. The maximum atomic E-state index is 12.7. The SMILES string of the molecule is Cl.Cn1cccc1C(=O)NCC(F)(F)CN. The third-order valence-electron chi connectivity index (χ3n) is 1.98. The number of aryl methyl sites for hydroxylation is 1. The fourth-order valence-corrected chi connectivity index (χ4v) is 1.07. The number of carbonyl (C=O) groups is 1. The van der Waals surface area contributed by atoms with Gasteiger partial charge in [0.05, 0.1) is 13.1 Å². The number of rotatable bonds is 4. The smallest absolute Gasteiger partial charge is 0.277 e. The molecule has 0 bridgehead atoms. The summed E-state index contributed by atoms with van der Waals surface area (Å²) in [6, 6.07) is 3.21. The molecule has 1 heterocycles. The van der Waals surface area contributed by atoms with Crippen LogP contribution in [0.5, 0.6) is 0 Å². The van der Waals surface area contributed by atoms with Crippen molar-refractivity contribution in [3.05, 3.63) is 24.0 Å². The molecule has 3 N–H and O–H groups in total. The summed E-state index contributed by atoms with van der Waals surface area (Å²) < 4.78 is 27.0. The van der Waals surface area contributed by atoms with E-state index in [1.807, 2.05) is 0 Å². The van der Waals surface area contributed by atoms with Crippen molar-refractivity contribution in [2.45, 2.75) is 5.92 Å². The van der Waals surface area contributed by atoms with Gasteiger partial charge in [0.2, 0.25) is 0 Å². The van der Waals surface area contributed by atoms with Gasteiger partial charge in [-0.15, -0.1) is 12.4 Å². The predicted molar refractivity (Wildman–Crippen MR) is 59.0 cm³/mol. The summed E-state index contributed by atoms with van der Waals surface area (Å²) in [5, 5.41) is 2.13. The normalized spacial score (nSPS) is 10.8. The Hall–Kier alpha value is -1.14. The maximum Gasteiger partial charge on any atom is 0.277 e. The van der Waals surface area contributed by atoms with Gasteiger partial charge in [-0.1, -0.05) is 0 Å². The van der Waals surface area contributed by atoms with Crippen molar-refractivity contribution in [1.29, 1.82) is 0 Å². The number of nitrogens with zero attached hydrogens (tertiary/aromatic N) is 1. The van der Waals surface area contributed by atoms with Crippen LogP contribution in [0.4, 0.5) is 8.78 Å². The van der Waals surface area contributed by atoms with Gasteiger partial charge >= 0.3 is 0 Å². The molecule has 0 spiro atoms. The van der Waals surface area contributed by atoms with Gasteiger partial charge in [0.1, 0.15) is 5.69 Å². The number of amides is 1.